The molecule has 0 fully saturated rings. The second kappa shape index (κ2) is 7.25. The Labute approximate surface area is 161 Å². The van der Waals surface area contributed by atoms with Gasteiger partial charge >= 0.3 is 6.03 Å². The molecule has 4 rings (SSSR count). The van der Waals surface area contributed by atoms with Crippen LogP contribution in [0.1, 0.15) is 18.7 Å². The lowest BCUT2D eigenvalue weighted by molar-refractivity contribution is 0.201. The lowest BCUT2D eigenvalue weighted by Crippen LogP contribution is -2.33. The predicted octanol–water partition coefficient (Wildman–Crippen LogP) is 5.78. The highest BCUT2D eigenvalue weighted by atomic mass is 32.1. The van der Waals surface area contributed by atoms with Crippen LogP contribution in [0.25, 0.3) is 21.5 Å². The predicted molar refractivity (Wildman–Crippen MR) is 109 cm³/mol. The van der Waals surface area contributed by atoms with E-state index in [0.29, 0.717) is 0 Å². The zero-order valence-electron chi connectivity index (χ0n) is 15.0. The molecule has 5 nitrogen and oxygen atoms in total. The number of nitrogens with zero attached hydrogens (tertiary/aromatic N) is 2. The number of carbonyl (C=O) groups is 1. The van der Waals surface area contributed by atoms with Crippen LogP contribution in [-0.2, 0) is 0 Å². The molecule has 2 aromatic heterocycles. The summed E-state index contributed by atoms with van der Waals surface area (Å²) in [6.07, 6.45) is 1.77. The molecular weight excluding hydrogens is 358 g/mol. The number of anilines is 1. The third-order valence-corrected chi connectivity index (χ3v) is 5.37. The third-order valence-electron chi connectivity index (χ3n) is 4.55. The summed E-state index contributed by atoms with van der Waals surface area (Å²) in [5.41, 5.74) is 2.54. The maximum atomic E-state index is 12.7. The molecule has 0 aliphatic heterocycles. The average Bonchev–Trinajstić information content (AvgIpc) is 3.36. The van der Waals surface area contributed by atoms with E-state index in [0.717, 1.165) is 33.0 Å². The Kier molecular flexibility index (Phi) is 4.64. The van der Waals surface area contributed by atoms with Crippen LogP contribution in [0.3, 0.4) is 0 Å². The first-order chi connectivity index (χ1) is 13.1. The van der Waals surface area contributed by atoms with Crippen LogP contribution in [0.5, 0.6) is 0 Å². The number of benzene rings is 2. The van der Waals surface area contributed by atoms with E-state index in [2.05, 4.69) is 10.3 Å². The highest BCUT2D eigenvalue weighted by molar-refractivity contribution is 7.13. The number of rotatable bonds is 4. The van der Waals surface area contributed by atoms with E-state index in [1.54, 1.807) is 29.5 Å². The van der Waals surface area contributed by atoms with Crippen molar-refractivity contribution in [2.45, 2.75) is 13.0 Å². The number of aromatic nitrogens is 1. The molecule has 2 amide bonds. The van der Waals surface area contributed by atoms with Gasteiger partial charge in [-0.15, -0.1) is 11.3 Å². The first kappa shape index (κ1) is 17.3. The van der Waals surface area contributed by atoms with Crippen LogP contribution in [0.2, 0.25) is 0 Å². The minimum atomic E-state index is -0.195. The smallest absolute Gasteiger partial charge is 0.322 e. The van der Waals surface area contributed by atoms with Crippen LogP contribution in [0, 0.1) is 0 Å². The summed E-state index contributed by atoms with van der Waals surface area (Å²) in [6.45, 7) is 1.95. The number of carbonyl (C=O) groups excluding carboxylic acids is 1. The molecule has 2 heterocycles. The Bertz CT molecular complexity index is 1040. The Morgan fingerprint density at radius 1 is 1.19 bits per heavy atom. The van der Waals surface area contributed by atoms with Gasteiger partial charge in [0.1, 0.15) is 16.4 Å². The largest absolute Gasteiger partial charge is 0.459 e. The monoisotopic (exact) mass is 377 g/mol. The molecule has 1 atom stereocenters. The van der Waals surface area contributed by atoms with Crippen molar-refractivity contribution in [3.63, 3.8) is 0 Å². The van der Waals surface area contributed by atoms with Crippen LogP contribution >= 0.6 is 11.3 Å². The zero-order valence-corrected chi connectivity index (χ0v) is 15.9. The quantitative estimate of drug-likeness (QED) is 0.490. The van der Waals surface area contributed by atoms with Gasteiger partial charge in [0, 0.05) is 35.3 Å². The van der Waals surface area contributed by atoms with Crippen molar-refractivity contribution >= 4 is 34.0 Å². The molecule has 4 aromatic rings. The van der Waals surface area contributed by atoms with Crippen molar-refractivity contribution in [1.82, 2.24) is 9.88 Å². The molecule has 1 unspecified atom stereocenters. The topological polar surface area (TPSA) is 58.4 Å². The first-order valence-electron chi connectivity index (χ1n) is 8.64. The Morgan fingerprint density at radius 2 is 2.04 bits per heavy atom. The number of para-hydroxylation sites is 1. The minimum Gasteiger partial charge on any atom is -0.459 e. The van der Waals surface area contributed by atoms with Gasteiger partial charge in [0.25, 0.3) is 0 Å². The van der Waals surface area contributed by atoms with Crippen LogP contribution in [-0.4, -0.2) is 23.0 Å². The van der Waals surface area contributed by atoms with E-state index in [4.69, 9.17) is 4.42 Å². The summed E-state index contributed by atoms with van der Waals surface area (Å²) in [7, 11) is 1.76. The van der Waals surface area contributed by atoms with Gasteiger partial charge in [-0.3, -0.25) is 0 Å². The molecule has 27 heavy (non-hydrogen) atoms. The SMILES string of the molecule is CC(c1cc2ccccc2o1)N(C)C(=O)Nc1cccc(-c2nccs2)c1. The lowest BCUT2D eigenvalue weighted by atomic mass is 10.2. The van der Waals surface area contributed by atoms with Crippen LogP contribution < -0.4 is 5.32 Å². The molecule has 0 aliphatic carbocycles. The van der Waals surface area contributed by atoms with Gasteiger partial charge in [-0.2, -0.15) is 0 Å². The van der Waals surface area contributed by atoms with Crippen LogP contribution in [0.4, 0.5) is 10.5 Å². The molecule has 136 valence electrons. The van der Waals surface area contributed by atoms with E-state index in [1.165, 1.54) is 0 Å². The van der Waals surface area contributed by atoms with Gasteiger partial charge in [-0.25, -0.2) is 9.78 Å². The number of urea groups is 1. The summed E-state index contributed by atoms with van der Waals surface area (Å²) in [5.74, 6) is 0.755. The molecule has 0 aliphatic rings. The second-order valence-electron chi connectivity index (χ2n) is 6.32. The molecule has 0 bridgehead atoms. The highest BCUT2D eigenvalue weighted by Gasteiger charge is 2.21. The van der Waals surface area contributed by atoms with E-state index in [1.807, 2.05) is 66.9 Å². The van der Waals surface area contributed by atoms with Gasteiger partial charge in [-0.1, -0.05) is 30.3 Å². The normalized spacial score (nSPS) is 12.1. The summed E-state index contributed by atoms with van der Waals surface area (Å²) in [5, 5.41) is 6.84. The Balaban J connectivity index is 1.50. The highest BCUT2D eigenvalue weighted by Crippen LogP contribution is 2.28. The number of hydrogen-bond acceptors (Lipinski definition) is 4. The fourth-order valence-corrected chi connectivity index (χ4v) is 3.52. The molecule has 0 radical (unpaired) electrons. The number of furan rings is 1. The lowest BCUT2D eigenvalue weighted by Gasteiger charge is -2.23. The third kappa shape index (κ3) is 3.57. The van der Waals surface area contributed by atoms with Crippen molar-refractivity contribution < 1.29 is 9.21 Å². The number of thiazole rings is 1. The van der Waals surface area contributed by atoms with Crippen molar-refractivity contribution in [3.8, 4) is 10.6 Å². The summed E-state index contributed by atoms with van der Waals surface area (Å²) in [4.78, 5) is 18.6. The number of hydrogen-bond donors (Lipinski definition) is 1. The number of fused-ring (bicyclic) bond motifs is 1. The molecule has 6 heteroatoms. The Morgan fingerprint density at radius 3 is 2.81 bits per heavy atom. The van der Waals surface area contributed by atoms with Gasteiger partial charge in [0.2, 0.25) is 0 Å². The maximum Gasteiger partial charge on any atom is 0.322 e. The van der Waals surface area contributed by atoms with Gasteiger partial charge in [0.05, 0.1) is 6.04 Å². The molecule has 2 aromatic carbocycles. The molecule has 0 spiro atoms. The second-order valence-corrected chi connectivity index (χ2v) is 7.22. The van der Waals surface area contributed by atoms with Crippen molar-refractivity contribution in [2.24, 2.45) is 0 Å². The van der Waals surface area contributed by atoms with Crippen LogP contribution in [0.15, 0.2) is 70.6 Å². The first-order valence-corrected chi connectivity index (χ1v) is 9.52. The van der Waals surface area contributed by atoms with Gasteiger partial charge in [0.15, 0.2) is 0 Å². The van der Waals surface area contributed by atoms with Crippen molar-refractivity contribution in [2.75, 3.05) is 12.4 Å². The van der Waals surface area contributed by atoms with Crippen molar-refractivity contribution in [3.05, 3.63) is 71.9 Å². The van der Waals surface area contributed by atoms with Crippen molar-refractivity contribution in [1.29, 1.82) is 0 Å². The van der Waals surface area contributed by atoms with E-state index < -0.39 is 0 Å². The average molecular weight is 377 g/mol. The maximum absolute atomic E-state index is 12.7. The van der Waals surface area contributed by atoms with Gasteiger partial charge in [-0.05, 0) is 31.2 Å². The van der Waals surface area contributed by atoms with Gasteiger partial charge < -0.3 is 14.6 Å². The molecule has 0 saturated carbocycles. The summed E-state index contributed by atoms with van der Waals surface area (Å²) in [6, 6.07) is 17.1. The Hall–Kier alpha value is -3.12. The standard InChI is InChI=1S/C21H19N3O2S/c1-14(19-13-15-6-3-4-9-18(15)26-19)24(2)21(25)23-17-8-5-7-16(12-17)20-22-10-11-27-20/h3-14H,1-2H3,(H,23,25). The minimum absolute atomic E-state index is 0.195. The summed E-state index contributed by atoms with van der Waals surface area (Å²) < 4.78 is 5.89. The van der Waals surface area contributed by atoms with E-state index in [9.17, 15) is 4.79 Å². The number of amides is 2. The van der Waals surface area contributed by atoms with E-state index in [-0.39, 0.29) is 12.1 Å². The zero-order chi connectivity index (χ0) is 18.8. The molecular formula is C21H19N3O2S. The number of nitrogens with one attached hydrogen (secondary N) is 1. The summed E-state index contributed by atoms with van der Waals surface area (Å²) >= 11 is 1.57. The molecule has 1 N–H and O–H groups in total. The van der Waals surface area contributed by atoms with E-state index >= 15 is 0 Å². The fraction of sp³-hybridized carbons (Fsp3) is 0.143. The fourth-order valence-electron chi connectivity index (χ4n) is 2.88. The molecule has 0 saturated heterocycles.